The van der Waals surface area contributed by atoms with Crippen LogP contribution in [0.5, 0.6) is 0 Å². The van der Waals surface area contributed by atoms with Crippen molar-refractivity contribution in [2.75, 3.05) is 37.6 Å². The molecular weight excluding hydrogens is 462 g/mol. The molecular formula is C27H31N3O4S. The SMILES string of the molecule is Cc1cccc(NS(=O)(=O)c2ccc(C)c(C(=O)NCC(c3ccccc3)N3CCOCC3)c2)c1. The van der Waals surface area contributed by atoms with E-state index in [0.29, 0.717) is 36.6 Å². The first kappa shape index (κ1) is 24.9. The third-order valence-electron chi connectivity index (χ3n) is 6.16. The predicted molar refractivity (Wildman–Crippen MR) is 137 cm³/mol. The number of anilines is 1. The Balaban J connectivity index is 1.52. The lowest BCUT2D eigenvalue weighted by molar-refractivity contribution is 0.0162. The molecule has 1 aliphatic rings. The minimum Gasteiger partial charge on any atom is -0.379 e. The van der Waals surface area contributed by atoms with Gasteiger partial charge in [0.15, 0.2) is 0 Å². The number of rotatable bonds is 8. The molecule has 1 unspecified atom stereocenters. The summed E-state index contributed by atoms with van der Waals surface area (Å²) in [5, 5.41) is 3.03. The zero-order chi connectivity index (χ0) is 24.8. The fraction of sp³-hybridized carbons (Fsp3) is 0.296. The Bertz CT molecular complexity index is 1270. The van der Waals surface area contributed by atoms with Crippen LogP contribution in [0.25, 0.3) is 0 Å². The van der Waals surface area contributed by atoms with Gasteiger partial charge in [-0.15, -0.1) is 0 Å². The number of benzene rings is 3. The molecule has 1 saturated heterocycles. The average molecular weight is 494 g/mol. The Morgan fingerprint density at radius 3 is 2.43 bits per heavy atom. The second kappa shape index (κ2) is 11.0. The van der Waals surface area contributed by atoms with Crippen LogP contribution in [0.15, 0.2) is 77.7 Å². The summed E-state index contributed by atoms with van der Waals surface area (Å²) >= 11 is 0. The number of hydrogen-bond acceptors (Lipinski definition) is 5. The van der Waals surface area contributed by atoms with Crippen molar-refractivity contribution in [2.45, 2.75) is 24.8 Å². The molecule has 1 heterocycles. The lowest BCUT2D eigenvalue weighted by atomic mass is 10.0. The number of morpholine rings is 1. The molecule has 8 heteroatoms. The number of nitrogens with zero attached hydrogens (tertiary/aromatic N) is 1. The highest BCUT2D eigenvalue weighted by molar-refractivity contribution is 7.92. The van der Waals surface area contributed by atoms with Crippen LogP contribution in [-0.4, -0.2) is 52.1 Å². The molecule has 35 heavy (non-hydrogen) atoms. The summed E-state index contributed by atoms with van der Waals surface area (Å²) < 4.78 is 34.1. The van der Waals surface area contributed by atoms with E-state index in [2.05, 4.69) is 27.1 Å². The van der Waals surface area contributed by atoms with E-state index in [0.717, 1.165) is 24.2 Å². The van der Waals surface area contributed by atoms with Crippen molar-refractivity contribution in [1.82, 2.24) is 10.2 Å². The zero-order valence-electron chi connectivity index (χ0n) is 20.0. The van der Waals surface area contributed by atoms with Gasteiger partial charge in [0.25, 0.3) is 15.9 Å². The monoisotopic (exact) mass is 493 g/mol. The van der Waals surface area contributed by atoms with Gasteiger partial charge in [-0.1, -0.05) is 48.5 Å². The largest absolute Gasteiger partial charge is 0.379 e. The first-order valence-corrected chi connectivity index (χ1v) is 13.2. The van der Waals surface area contributed by atoms with Crippen LogP contribution in [0.2, 0.25) is 0 Å². The smallest absolute Gasteiger partial charge is 0.261 e. The minimum atomic E-state index is -3.85. The van der Waals surface area contributed by atoms with Crippen molar-refractivity contribution < 1.29 is 17.9 Å². The molecule has 1 atom stereocenters. The van der Waals surface area contributed by atoms with Crippen LogP contribution in [0.3, 0.4) is 0 Å². The van der Waals surface area contributed by atoms with E-state index >= 15 is 0 Å². The van der Waals surface area contributed by atoms with Crippen LogP contribution < -0.4 is 10.0 Å². The van der Waals surface area contributed by atoms with Gasteiger partial charge in [-0.05, 0) is 54.8 Å². The number of sulfonamides is 1. The molecule has 1 fully saturated rings. The molecule has 3 aromatic carbocycles. The maximum Gasteiger partial charge on any atom is 0.261 e. The van der Waals surface area contributed by atoms with E-state index in [1.807, 2.05) is 31.2 Å². The Morgan fingerprint density at radius 2 is 1.71 bits per heavy atom. The molecule has 1 aliphatic heterocycles. The molecule has 184 valence electrons. The lowest BCUT2D eigenvalue weighted by Gasteiger charge is -2.35. The predicted octanol–water partition coefficient (Wildman–Crippen LogP) is 3.91. The normalized spacial score (nSPS) is 15.4. The maximum absolute atomic E-state index is 13.2. The van der Waals surface area contributed by atoms with Gasteiger partial charge < -0.3 is 10.1 Å². The first-order chi connectivity index (χ1) is 16.8. The van der Waals surface area contributed by atoms with Crippen molar-refractivity contribution in [3.05, 3.63) is 95.1 Å². The number of ether oxygens (including phenoxy) is 1. The molecule has 2 N–H and O–H groups in total. The molecule has 0 aromatic heterocycles. The van der Waals surface area contributed by atoms with Crippen molar-refractivity contribution in [1.29, 1.82) is 0 Å². The van der Waals surface area contributed by atoms with Crippen LogP contribution >= 0.6 is 0 Å². The number of hydrogen-bond donors (Lipinski definition) is 2. The number of aryl methyl sites for hydroxylation is 2. The highest BCUT2D eigenvalue weighted by Crippen LogP contribution is 2.23. The Hall–Kier alpha value is -3.20. The fourth-order valence-electron chi connectivity index (χ4n) is 4.24. The number of amides is 1. The molecule has 0 aliphatic carbocycles. The third kappa shape index (κ3) is 6.28. The zero-order valence-corrected chi connectivity index (χ0v) is 20.8. The van der Waals surface area contributed by atoms with Gasteiger partial charge >= 0.3 is 0 Å². The van der Waals surface area contributed by atoms with E-state index in [4.69, 9.17) is 4.74 Å². The minimum absolute atomic E-state index is 0.000687. The topological polar surface area (TPSA) is 87.7 Å². The second-order valence-electron chi connectivity index (χ2n) is 8.74. The van der Waals surface area contributed by atoms with Crippen molar-refractivity contribution in [3.8, 4) is 0 Å². The summed E-state index contributed by atoms with van der Waals surface area (Å²) in [7, 11) is -3.85. The number of nitrogens with one attached hydrogen (secondary N) is 2. The lowest BCUT2D eigenvalue weighted by Crippen LogP contribution is -2.43. The fourth-order valence-corrected chi connectivity index (χ4v) is 5.32. The van der Waals surface area contributed by atoms with Crippen LogP contribution in [0, 0.1) is 13.8 Å². The summed E-state index contributed by atoms with van der Waals surface area (Å²) in [6.45, 7) is 6.98. The van der Waals surface area contributed by atoms with Gasteiger partial charge in [-0.25, -0.2) is 8.42 Å². The van der Waals surface area contributed by atoms with Crippen LogP contribution in [0.4, 0.5) is 5.69 Å². The summed E-state index contributed by atoms with van der Waals surface area (Å²) in [6, 6.07) is 21.8. The summed E-state index contributed by atoms with van der Waals surface area (Å²) in [6.07, 6.45) is 0. The molecule has 1 amide bonds. The Labute approximate surface area is 207 Å². The highest BCUT2D eigenvalue weighted by Gasteiger charge is 2.24. The van der Waals surface area contributed by atoms with E-state index in [1.54, 1.807) is 31.2 Å². The summed E-state index contributed by atoms with van der Waals surface area (Å²) in [5.41, 5.74) is 3.59. The Morgan fingerprint density at radius 1 is 0.971 bits per heavy atom. The van der Waals surface area contributed by atoms with Gasteiger partial charge in [0.2, 0.25) is 0 Å². The maximum atomic E-state index is 13.2. The van der Waals surface area contributed by atoms with Crippen molar-refractivity contribution in [2.24, 2.45) is 0 Å². The summed E-state index contributed by atoms with van der Waals surface area (Å²) in [5.74, 6) is -0.302. The molecule has 0 radical (unpaired) electrons. The van der Waals surface area contributed by atoms with E-state index in [1.165, 1.54) is 12.1 Å². The standard InChI is InChI=1S/C27H31N3O4S/c1-20-7-6-10-23(17-20)29-35(32,33)24-12-11-21(2)25(18-24)27(31)28-19-26(22-8-4-3-5-9-22)30-13-15-34-16-14-30/h3-12,17-18,26,29H,13-16,19H2,1-2H3,(H,28,31). The Kier molecular flexibility index (Phi) is 7.85. The van der Waals surface area contributed by atoms with E-state index in [-0.39, 0.29) is 16.8 Å². The first-order valence-electron chi connectivity index (χ1n) is 11.7. The van der Waals surface area contributed by atoms with Gasteiger partial charge in [-0.2, -0.15) is 0 Å². The molecule has 0 saturated carbocycles. The number of carbonyl (C=O) groups is 1. The summed E-state index contributed by atoms with van der Waals surface area (Å²) in [4.78, 5) is 15.5. The van der Waals surface area contributed by atoms with Gasteiger partial charge in [0.05, 0.1) is 24.2 Å². The third-order valence-corrected chi connectivity index (χ3v) is 7.54. The van der Waals surface area contributed by atoms with Crippen molar-refractivity contribution in [3.63, 3.8) is 0 Å². The number of carbonyl (C=O) groups excluding carboxylic acids is 1. The quantitative estimate of drug-likeness (QED) is 0.497. The van der Waals surface area contributed by atoms with Gasteiger partial charge in [0, 0.05) is 30.9 Å². The molecule has 0 spiro atoms. The van der Waals surface area contributed by atoms with E-state index < -0.39 is 10.0 Å². The van der Waals surface area contributed by atoms with Gasteiger partial charge in [-0.3, -0.25) is 14.4 Å². The van der Waals surface area contributed by atoms with Gasteiger partial charge in [0.1, 0.15) is 0 Å². The molecule has 3 aromatic rings. The van der Waals surface area contributed by atoms with Crippen LogP contribution in [-0.2, 0) is 14.8 Å². The highest BCUT2D eigenvalue weighted by atomic mass is 32.2. The second-order valence-corrected chi connectivity index (χ2v) is 10.4. The van der Waals surface area contributed by atoms with E-state index in [9.17, 15) is 13.2 Å². The van der Waals surface area contributed by atoms with Crippen LogP contribution in [0.1, 0.15) is 33.1 Å². The van der Waals surface area contributed by atoms with Crippen molar-refractivity contribution >= 4 is 21.6 Å². The molecule has 4 rings (SSSR count). The average Bonchev–Trinajstić information content (AvgIpc) is 2.85. The molecule has 7 nitrogen and oxygen atoms in total. The molecule has 0 bridgehead atoms.